The summed E-state index contributed by atoms with van der Waals surface area (Å²) >= 11 is 0. The first-order chi connectivity index (χ1) is 14.8. The molecule has 10 nitrogen and oxygen atoms in total. The minimum atomic E-state index is -1.07. The molecule has 1 unspecified atom stereocenters. The number of ether oxygens (including phenoxy) is 4. The van der Waals surface area contributed by atoms with Crippen molar-refractivity contribution in [2.24, 2.45) is 5.41 Å². The zero-order valence-electron chi connectivity index (χ0n) is 19.3. The van der Waals surface area contributed by atoms with Crippen molar-refractivity contribution < 1.29 is 42.9 Å². The quantitative estimate of drug-likeness (QED) is 0.461. The van der Waals surface area contributed by atoms with Crippen LogP contribution in [-0.4, -0.2) is 57.2 Å². The van der Waals surface area contributed by atoms with E-state index in [9.17, 15) is 24.0 Å². The monoisotopic (exact) mass is 451 g/mol. The molecule has 1 aromatic carbocycles. The van der Waals surface area contributed by atoms with Gasteiger partial charge in [-0.25, -0.2) is 14.4 Å². The Labute approximate surface area is 186 Å². The van der Waals surface area contributed by atoms with E-state index in [1.165, 1.54) is 26.2 Å². The highest BCUT2D eigenvalue weighted by Gasteiger charge is 2.30. The van der Waals surface area contributed by atoms with E-state index >= 15 is 0 Å². The van der Waals surface area contributed by atoms with Crippen molar-refractivity contribution in [1.29, 1.82) is 0 Å². The minimum absolute atomic E-state index is 0.0625. The highest BCUT2D eigenvalue weighted by Crippen LogP contribution is 2.23. The van der Waals surface area contributed by atoms with E-state index in [1.54, 1.807) is 20.8 Å². The number of methoxy groups -OCH3 is 3. The van der Waals surface area contributed by atoms with Gasteiger partial charge in [0.1, 0.15) is 12.6 Å². The lowest BCUT2D eigenvalue weighted by Gasteiger charge is -2.23. The molecule has 0 aliphatic rings. The van der Waals surface area contributed by atoms with Gasteiger partial charge in [0.05, 0.1) is 32.5 Å². The summed E-state index contributed by atoms with van der Waals surface area (Å²) in [6.07, 6.45) is -0.0625. The molecule has 0 radical (unpaired) electrons. The van der Waals surface area contributed by atoms with Gasteiger partial charge >= 0.3 is 23.9 Å². The number of rotatable bonds is 8. The van der Waals surface area contributed by atoms with Gasteiger partial charge in [-0.3, -0.25) is 9.59 Å². The average Bonchev–Trinajstić information content (AvgIpc) is 2.74. The Hall–Kier alpha value is -3.43. The van der Waals surface area contributed by atoms with Crippen molar-refractivity contribution in [3.05, 3.63) is 34.4 Å². The zero-order valence-corrected chi connectivity index (χ0v) is 19.3. The van der Waals surface area contributed by atoms with Crippen LogP contribution in [0.4, 0.5) is 0 Å². The van der Waals surface area contributed by atoms with Crippen molar-refractivity contribution in [3.63, 3.8) is 0 Å². The molecule has 1 rings (SSSR count). The number of hydrogen-bond donors (Lipinski definition) is 1. The third-order valence-electron chi connectivity index (χ3n) is 4.42. The Kier molecular flexibility index (Phi) is 9.36. The van der Waals surface area contributed by atoms with Gasteiger partial charge < -0.3 is 24.3 Å². The van der Waals surface area contributed by atoms with Crippen molar-refractivity contribution in [2.75, 3.05) is 21.3 Å². The maximum absolute atomic E-state index is 12.4. The van der Waals surface area contributed by atoms with Crippen molar-refractivity contribution in [1.82, 2.24) is 5.32 Å². The minimum Gasteiger partial charge on any atom is -0.467 e. The highest BCUT2D eigenvalue weighted by molar-refractivity contribution is 6.04. The summed E-state index contributed by atoms with van der Waals surface area (Å²) in [6.45, 7) is 5.93. The Morgan fingerprint density at radius 2 is 1.53 bits per heavy atom. The summed E-state index contributed by atoms with van der Waals surface area (Å²) in [6, 6.07) is 1.78. The SMILES string of the molecule is COC(=O)c1cc(CC(NC(=O)C(C)(C)C)C(=O)OC)cc(COC(C)=O)c1C(=O)OC. The molecule has 1 amide bonds. The molecule has 0 aliphatic heterocycles. The Balaban J connectivity index is 3.54. The molecule has 0 aliphatic carbocycles. The van der Waals surface area contributed by atoms with Gasteiger partial charge in [0.2, 0.25) is 5.91 Å². The lowest BCUT2D eigenvalue weighted by atomic mass is 9.92. The summed E-state index contributed by atoms with van der Waals surface area (Å²) in [5.41, 5.74) is -0.457. The lowest BCUT2D eigenvalue weighted by molar-refractivity contribution is -0.146. The van der Waals surface area contributed by atoms with Crippen LogP contribution < -0.4 is 5.32 Å². The van der Waals surface area contributed by atoms with Crippen molar-refractivity contribution >= 4 is 29.8 Å². The summed E-state index contributed by atoms with van der Waals surface area (Å²) in [7, 11) is 3.47. The van der Waals surface area contributed by atoms with Gasteiger partial charge in [0.25, 0.3) is 0 Å². The molecule has 0 aromatic heterocycles. The van der Waals surface area contributed by atoms with Gasteiger partial charge in [-0.2, -0.15) is 0 Å². The third-order valence-corrected chi connectivity index (χ3v) is 4.42. The van der Waals surface area contributed by atoms with E-state index in [0.717, 1.165) is 14.2 Å². The number of amides is 1. The van der Waals surface area contributed by atoms with E-state index in [0.29, 0.717) is 5.56 Å². The average molecular weight is 451 g/mol. The summed E-state index contributed by atoms with van der Waals surface area (Å²) in [5, 5.41) is 2.63. The van der Waals surface area contributed by atoms with Gasteiger partial charge in [0, 0.05) is 24.3 Å². The van der Waals surface area contributed by atoms with Crippen LogP contribution in [0.2, 0.25) is 0 Å². The standard InChI is InChI=1S/C22H29NO9/c1-12(24)32-11-14-8-13(9-15(18(25)29-5)17(14)20(27)31-7)10-16(19(26)30-6)23-21(28)22(2,3)4/h8-9,16H,10-11H2,1-7H3,(H,23,28). The van der Waals surface area contributed by atoms with E-state index in [2.05, 4.69) is 5.32 Å². The first kappa shape index (κ1) is 26.6. The van der Waals surface area contributed by atoms with Crippen LogP contribution in [0, 0.1) is 5.41 Å². The first-order valence-corrected chi connectivity index (χ1v) is 9.70. The zero-order chi connectivity index (χ0) is 24.6. The first-order valence-electron chi connectivity index (χ1n) is 9.70. The molecule has 0 fully saturated rings. The number of nitrogens with one attached hydrogen (secondary N) is 1. The van der Waals surface area contributed by atoms with Crippen LogP contribution in [0.15, 0.2) is 12.1 Å². The predicted octanol–water partition coefficient (Wildman–Crippen LogP) is 1.57. The molecule has 1 aromatic rings. The number of benzene rings is 1. The maximum atomic E-state index is 12.4. The number of carbonyl (C=O) groups is 5. The third kappa shape index (κ3) is 7.07. The van der Waals surface area contributed by atoms with E-state index in [-0.39, 0.29) is 35.6 Å². The largest absolute Gasteiger partial charge is 0.467 e. The van der Waals surface area contributed by atoms with Crippen molar-refractivity contribution in [3.8, 4) is 0 Å². The molecule has 0 saturated carbocycles. The number of hydrogen-bond acceptors (Lipinski definition) is 9. The normalized spacial score (nSPS) is 11.7. The second kappa shape index (κ2) is 11.3. The smallest absolute Gasteiger partial charge is 0.339 e. The second-order valence-corrected chi connectivity index (χ2v) is 7.94. The summed E-state index contributed by atoms with van der Waals surface area (Å²) in [5.74, 6) is -3.33. The van der Waals surface area contributed by atoms with Gasteiger partial charge in [0.15, 0.2) is 0 Å². The molecule has 10 heteroatoms. The Bertz CT molecular complexity index is 899. The van der Waals surface area contributed by atoms with E-state index < -0.39 is 35.3 Å². The van der Waals surface area contributed by atoms with Crippen molar-refractivity contribution in [2.45, 2.75) is 46.8 Å². The molecule has 176 valence electrons. The predicted molar refractivity (Wildman–Crippen MR) is 112 cm³/mol. The van der Waals surface area contributed by atoms with Gasteiger partial charge in [-0.15, -0.1) is 0 Å². The second-order valence-electron chi connectivity index (χ2n) is 7.94. The fourth-order valence-corrected chi connectivity index (χ4v) is 2.74. The Morgan fingerprint density at radius 1 is 0.938 bits per heavy atom. The molecular formula is C22H29NO9. The molecule has 32 heavy (non-hydrogen) atoms. The molecule has 1 atom stereocenters. The molecule has 0 bridgehead atoms. The Morgan fingerprint density at radius 3 is 2.00 bits per heavy atom. The maximum Gasteiger partial charge on any atom is 0.339 e. The van der Waals surface area contributed by atoms with Crippen LogP contribution >= 0.6 is 0 Å². The summed E-state index contributed by atoms with van der Waals surface area (Å²) in [4.78, 5) is 60.8. The highest BCUT2D eigenvalue weighted by atomic mass is 16.5. The van der Waals surface area contributed by atoms with Crippen LogP contribution in [0.1, 0.15) is 59.5 Å². The fourth-order valence-electron chi connectivity index (χ4n) is 2.74. The van der Waals surface area contributed by atoms with E-state index in [4.69, 9.17) is 18.9 Å². The molecular weight excluding hydrogens is 422 g/mol. The molecule has 1 N–H and O–H groups in total. The number of carbonyl (C=O) groups excluding carboxylic acids is 5. The van der Waals surface area contributed by atoms with E-state index in [1.807, 2.05) is 0 Å². The molecule has 0 heterocycles. The topological polar surface area (TPSA) is 134 Å². The van der Waals surface area contributed by atoms with Gasteiger partial charge in [-0.1, -0.05) is 26.8 Å². The lowest BCUT2D eigenvalue weighted by Crippen LogP contribution is -2.47. The fraction of sp³-hybridized carbons (Fsp3) is 0.500. The van der Waals surface area contributed by atoms with Crippen LogP contribution in [0.5, 0.6) is 0 Å². The van der Waals surface area contributed by atoms with Crippen LogP contribution in [0.3, 0.4) is 0 Å². The summed E-state index contributed by atoms with van der Waals surface area (Å²) < 4.78 is 19.3. The van der Waals surface area contributed by atoms with Gasteiger partial charge in [-0.05, 0) is 11.6 Å². The van der Waals surface area contributed by atoms with Crippen LogP contribution in [-0.2, 0) is 46.4 Å². The molecule has 0 saturated heterocycles. The van der Waals surface area contributed by atoms with Crippen LogP contribution in [0.25, 0.3) is 0 Å². The molecule has 0 spiro atoms. The number of esters is 4.